The Bertz CT molecular complexity index is 1650. The van der Waals surface area contributed by atoms with E-state index < -0.39 is 0 Å². The van der Waals surface area contributed by atoms with Gasteiger partial charge in [0.05, 0.1) is 11.2 Å². The minimum atomic E-state index is 0.293. The summed E-state index contributed by atoms with van der Waals surface area (Å²) >= 11 is 0. The molecule has 1 atom stereocenters. The summed E-state index contributed by atoms with van der Waals surface area (Å²) in [5, 5.41) is 4.79. The number of fused-ring (bicyclic) bond motifs is 4. The molecular formula is C35H30N2. The Hall–Kier alpha value is -4.43. The number of pyridine rings is 1. The first-order chi connectivity index (χ1) is 18.1. The number of aromatic nitrogens is 1. The normalized spacial score (nSPS) is 19.8. The first kappa shape index (κ1) is 23.0. The van der Waals surface area contributed by atoms with Crippen molar-refractivity contribution >= 4 is 39.9 Å². The fraction of sp³-hybridized carbons (Fsp3) is 0.114. The summed E-state index contributed by atoms with van der Waals surface area (Å²) in [5.74, 6) is 0. The van der Waals surface area contributed by atoms with E-state index in [9.17, 15) is 0 Å². The second kappa shape index (κ2) is 9.55. The van der Waals surface area contributed by atoms with E-state index in [1.807, 2.05) is 0 Å². The number of hydrogen-bond donors (Lipinski definition) is 1. The molecule has 0 saturated heterocycles. The van der Waals surface area contributed by atoms with Gasteiger partial charge in [-0.15, -0.1) is 0 Å². The van der Waals surface area contributed by atoms with E-state index in [0.29, 0.717) is 6.04 Å². The zero-order valence-corrected chi connectivity index (χ0v) is 21.3. The summed E-state index contributed by atoms with van der Waals surface area (Å²) in [6, 6.07) is 24.2. The lowest BCUT2D eigenvalue weighted by molar-refractivity contribution is 0.994. The summed E-state index contributed by atoms with van der Waals surface area (Å²) in [4.78, 5) is 4.93. The molecule has 1 aliphatic heterocycles. The summed E-state index contributed by atoms with van der Waals surface area (Å²) < 4.78 is 0. The van der Waals surface area contributed by atoms with Crippen LogP contribution in [0.1, 0.15) is 41.3 Å². The van der Waals surface area contributed by atoms with E-state index in [2.05, 4.69) is 135 Å². The third kappa shape index (κ3) is 4.47. The Labute approximate surface area is 219 Å². The molecule has 1 aliphatic carbocycles. The van der Waals surface area contributed by atoms with Crippen LogP contribution in [-0.4, -0.2) is 11.0 Å². The smallest absolute Gasteiger partial charge is 0.0948 e. The lowest BCUT2D eigenvalue weighted by atomic mass is 9.93. The highest BCUT2D eigenvalue weighted by Crippen LogP contribution is 2.37. The molecular weight excluding hydrogens is 448 g/mol. The highest BCUT2D eigenvalue weighted by atomic mass is 14.9. The first-order valence-corrected chi connectivity index (χ1v) is 12.9. The number of nitrogens with one attached hydrogen (secondary N) is 1. The van der Waals surface area contributed by atoms with Crippen molar-refractivity contribution in [3.05, 3.63) is 132 Å². The van der Waals surface area contributed by atoms with Crippen LogP contribution in [-0.2, 0) is 0 Å². The van der Waals surface area contributed by atoms with E-state index in [-0.39, 0.29) is 0 Å². The van der Waals surface area contributed by atoms with Gasteiger partial charge in [0.1, 0.15) is 0 Å². The van der Waals surface area contributed by atoms with E-state index in [1.54, 1.807) is 0 Å². The highest BCUT2D eigenvalue weighted by molar-refractivity contribution is 6.04. The predicted octanol–water partition coefficient (Wildman–Crippen LogP) is 9.11. The van der Waals surface area contributed by atoms with Crippen LogP contribution in [0.4, 0.5) is 5.69 Å². The molecule has 37 heavy (non-hydrogen) atoms. The Morgan fingerprint density at radius 2 is 1.65 bits per heavy atom. The standard InChI is InChI=1S/C35H30N2/c1-23-12-14-26(8-4-5-9-28-10-6-7-11-31(23)28)27-16-18-29(19-17-27)33-22-25(3)37-35-32(33)21-20-30-15-13-24(2)36-34(30)35/h5-22,24,36H,1,4H2,2-3H3/b9-5-,14-12-,26-8+. The van der Waals surface area contributed by atoms with Gasteiger partial charge >= 0.3 is 0 Å². The maximum absolute atomic E-state index is 4.93. The van der Waals surface area contributed by atoms with Crippen LogP contribution in [0.25, 0.3) is 45.3 Å². The van der Waals surface area contributed by atoms with Crippen molar-refractivity contribution in [3.8, 4) is 11.1 Å². The van der Waals surface area contributed by atoms with Gasteiger partial charge in [0, 0.05) is 17.1 Å². The summed E-state index contributed by atoms with van der Waals surface area (Å²) in [6.45, 7) is 8.56. The molecule has 0 spiro atoms. The molecule has 0 bridgehead atoms. The molecule has 2 heterocycles. The molecule has 1 unspecified atom stereocenters. The number of hydrogen-bond acceptors (Lipinski definition) is 2. The van der Waals surface area contributed by atoms with Gasteiger partial charge in [-0.1, -0.05) is 110 Å². The molecule has 2 nitrogen and oxygen atoms in total. The number of aryl methyl sites for hydroxylation is 1. The molecule has 0 amide bonds. The molecule has 0 saturated carbocycles. The van der Waals surface area contributed by atoms with Crippen LogP contribution >= 0.6 is 0 Å². The van der Waals surface area contributed by atoms with Crippen molar-refractivity contribution in [2.45, 2.75) is 26.3 Å². The molecule has 1 N–H and O–H groups in total. The van der Waals surface area contributed by atoms with Gasteiger partial charge in [-0.3, -0.25) is 4.98 Å². The minimum absolute atomic E-state index is 0.293. The summed E-state index contributed by atoms with van der Waals surface area (Å²) in [5.41, 5.74) is 12.6. The lowest BCUT2D eigenvalue weighted by Crippen LogP contribution is -2.16. The van der Waals surface area contributed by atoms with Crippen LogP contribution in [0, 0.1) is 6.92 Å². The van der Waals surface area contributed by atoms with Gasteiger partial charge in [-0.05, 0) is 70.9 Å². The topological polar surface area (TPSA) is 24.9 Å². The van der Waals surface area contributed by atoms with Crippen LogP contribution in [0.5, 0.6) is 0 Å². The Balaban J connectivity index is 1.36. The Morgan fingerprint density at radius 1 is 0.838 bits per heavy atom. The fourth-order valence-corrected chi connectivity index (χ4v) is 5.22. The lowest BCUT2D eigenvalue weighted by Gasteiger charge is -2.21. The molecule has 6 rings (SSSR count). The van der Waals surface area contributed by atoms with Crippen molar-refractivity contribution in [1.29, 1.82) is 0 Å². The maximum atomic E-state index is 4.93. The van der Waals surface area contributed by atoms with Crippen LogP contribution in [0.15, 0.2) is 104 Å². The van der Waals surface area contributed by atoms with E-state index >= 15 is 0 Å². The quantitative estimate of drug-likeness (QED) is 0.311. The third-order valence-electron chi connectivity index (χ3n) is 7.15. The number of nitrogens with zero attached hydrogens (tertiary/aromatic N) is 1. The Morgan fingerprint density at radius 3 is 2.51 bits per heavy atom. The van der Waals surface area contributed by atoms with Gasteiger partial charge in [-0.25, -0.2) is 0 Å². The molecule has 3 aromatic carbocycles. The first-order valence-electron chi connectivity index (χ1n) is 12.9. The summed E-state index contributed by atoms with van der Waals surface area (Å²) in [7, 11) is 0. The largest absolute Gasteiger partial charge is 0.377 e. The van der Waals surface area contributed by atoms with Crippen LogP contribution < -0.4 is 5.32 Å². The predicted molar refractivity (Wildman–Crippen MR) is 160 cm³/mol. The minimum Gasteiger partial charge on any atom is -0.377 e. The maximum Gasteiger partial charge on any atom is 0.0948 e. The van der Waals surface area contributed by atoms with Gasteiger partial charge < -0.3 is 5.32 Å². The highest BCUT2D eigenvalue weighted by Gasteiger charge is 2.16. The van der Waals surface area contributed by atoms with Crippen molar-refractivity contribution in [1.82, 2.24) is 4.98 Å². The van der Waals surface area contributed by atoms with Gasteiger partial charge in [0.2, 0.25) is 0 Å². The number of benzene rings is 3. The van der Waals surface area contributed by atoms with Crippen molar-refractivity contribution in [2.75, 3.05) is 5.32 Å². The van der Waals surface area contributed by atoms with Gasteiger partial charge in [0.15, 0.2) is 0 Å². The third-order valence-corrected chi connectivity index (χ3v) is 7.15. The zero-order valence-electron chi connectivity index (χ0n) is 21.3. The molecule has 2 heteroatoms. The Kier molecular flexibility index (Phi) is 5.94. The second-order valence-corrected chi connectivity index (χ2v) is 9.85. The number of anilines is 1. The van der Waals surface area contributed by atoms with Crippen LogP contribution in [0.3, 0.4) is 0 Å². The van der Waals surface area contributed by atoms with Crippen LogP contribution in [0.2, 0.25) is 0 Å². The second-order valence-electron chi connectivity index (χ2n) is 9.85. The number of rotatable bonds is 2. The molecule has 4 aromatic rings. The monoisotopic (exact) mass is 478 g/mol. The molecule has 1 aromatic heterocycles. The van der Waals surface area contributed by atoms with E-state index in [0.717, 1.165) is 28.9 Å². The SMILES string of the molecule is C=C1/C=C\C(c2ccc(-c3cc(C)nc4c5c(ccc34)C=CC(C)N5)cc2)=C/C/C=C\c2ccccc21. The van der Waals surface area contributed by atoms with E-state index in [4.69, 9.17) is 4.98 Å². The van der Waals surface area contributed by atoms with E-state index in [1.165, 1.54) is 44.3 Å². The van der Waals surface area contributed by atoms with Crippen molar-refractivity contribution in [2.24, 2.45) is 0 Å². The van der Waals surface area contributed by atoms with Crippen molar-refractivity contribution < 1.29 is 0 Å². The number of allylic oxidation sites excluding steroid dienone is 6. The summed E-state index contributed by atoms with van der Waals surface area (Å²) in [6.07, 6.45) is 16.3. The molecule has 2 aliphatic rings. The average molecular weight is 479 g/mol. The zero-order chi connectivity index (χ0) is 25.4. The fourth-order valence-electron chi connectivity index (χ4n) is 5.22. The van der Waals surface area contributed by atoms with Gasteiger partial charge in [0.25, 0.3) is 0 Å². The average Bonchev–Trinajstić information content (AvgIpc) is 2.92. The molecule has 0 fully saturated rings. The molecule has 0 radical (unpaired) electrons. The molecule has 180 valence electrons. The van der Waals surface area contributed by atoms with Gasteiger partial charge in [-0.2, -0.15) is 0 Å². The van der Waals surface area contributed by atoms with Crippen molar-refractivity contribution in [3.63, 3.8) is 0 Å².